The lowest BCUT2D eigenvalue weighted by molar-refractivity contribution is 0.396. The van der Waals surface area contributed by atoms with Gasteiger partial charge in [0, 0.05) is 16.3 Å². The van der Waals surface area contributed by atoms with Gasteiger partial charge in [0.25, 0.3) is 5.89 Å². The number of thioether (sulfide) groups is 2. The molecule has 7 heteroatoms. The highest BCUT2D eigenvalue weighted by Crippen LogP contribution is 2.44. The second-order valence-electron chi connectivity index (χ2n) is 5.00. The molecule has 1 aliphatic heterocycles. The zero-order valence-corrected chi connectivity index (χ0v) is 13.3. The molecule has 1 aromatic heterocycles. The number of hydrogen-bond donors (Lipinski definition) is 2. The van der Waals surface area contributed by atoms with Crippen LogP contribution in [-0.4, -0.2) is 36.6 Å². The van der Waals surface area contributed by atoms with E-state index in [1.807, 2.05) is 23.5 Å². The Morgan fingerprint density at radius 2 is 2.05 bits per heavy atom. The minimum atomic E-state index is -0.236. The van der Waals surface area contributed by atoms with E-state index in [1.165, 1.54) is 6.07 Å². The SMILES string of the molecule is CC1SCC(c2noc(-c3cccc(O)c3O)n2)SC1C. The topological polar surface area (TPSA) is 79.4 Å². The lowest BCUT2D eigenvalue weighted by atomic mass is 10.2. The molecule has 112 valence electrons. The average molecular weight is 324 g/mol. The number of nitrogens with zero attached hydrogens (tertiary/aromatic N) is 2. The molecule has 0 radical (unpaired) electrons. The maximum absolute atomic E-state index is 9.86. The number of phenolic OH excluding ortho intramolecular Hbond substituents is 2. The lowest BCUT2D eigenvalue weighted by Crippen LogP contribution is -2.22. The van der Waals surface area contributed by atoms with E-state index < -0.39 is 0 Å². The van der Waals surface area contributed by atoms with Gasteiger partial charge >= 0.3 is 0 Å². The summed E-state index contributed by atoms with van der Waals surface area (Å²) < 4.78 is 5.25. The number of rotatable bonds is 2. The molecule has 3 atom stereocenters. The highest BCUT2D eigenvalue weighted by atomic mass is 32.2. The molecule has 0 spiro atoms. The molecule has 2 heterocycles. The van der Waals surface area contributed by atoms with Gasteiger partial charge in [-0.25, -0.2) is 0 Å². The molecule has 0 saturated carbocycles. The largest absolute Gasteiger partial charge is 0.504 e. The van der Waals surface area contributed by atoms with Crippen LogP contribution in [0.25, 0.3) is 11.5 Å². The first kappa shape index (κ1) is 14.6. The van der Waals surface area contributed by atoms with Crippen molar-refractivity contribution in [3.8, 4) is 23.0 Å². The lowest BCUT2D eigenvalue weighted by Gasteiger charge is -2.29. The van der Waals surface area contributed by atoms with E-state index in [-0.39, 0.29) is 22.6 Å². The van der Waals surface area contributed by atoms with Gasteiger partial charge < -0.3 is 14.7 Å². The van der Waals surface area contributed by atoms with Crippen LogP contribution in [0.5, 0.6) is 11.5 Å². The fourth-order valence-electron chi connectivity index (χ4n) is 2.10. The molecule has 5 nitrogen and oxygen atoms in total. The Hall–Kier alpha value is -1.34. The summed E-state index contributed by atoms with van der Waals surface area (Å²) in [4.78, 5) is 4.38. The molecular weight excluding hydrogens is 308 g/mol. The van der Waals surface area contributed by atoms with Gasteiger partial charge in [0.05, 0.1) is 10.8 Å². The Kier molecular flexibility index (Phi) is 4.03. The smallest absolute Gasteiger partial charge is 0.261 e. The van der Waals surface area contributed by atoms with E-state index in [0.717, 1.165) is 5.75 Å². The predicted molar refractivity (Wildman–Crippen MR) is 84.8 cm³/mol. The van der Waals surface area contributed by atoms with Crippen LogP contribution in [0.1, 0.15) is 24.9 Å². The Bertz CT molecular complexity index is 647. The molecule has 3 unspecified atom stereocenters. The first-order valence-corrected chi connectivity index (χ1v) is 8.67. The number of para-hydroxylation sites is 1. The zero-order valence-electron chi connectivity index (χ0n) is 11.7. The van der Waals surface area contributed by atoms with Crippen molar-refractivity contribution in [2.75, 3.05) is 5.75 Å². The van der Waals surface area contributed by atoms with Gasteiger partial charge in [-0.1, -0.05) is 25.1 Å². The minimum absolute atomic E-state index is 0.193. The van der Waals surface area contributed by atoms with Crippen LogP contribution in [0.3, 0.4) is 0 Å². The van der Waals surface area contributed by atoms with Gasteiger partial charge in [0.15, 0.2) is 17.3 Å². The van der Waals surface area contributed by atoms with Crippen molar-refractivity contribution in [1.82, 2.24) is 10.1 Å². The average Bonchev–Trinajstić information content (AvgIpc) is 2.94. The fraction of sp³-hybridized carbons (Fsp3) is 0.429. The van der Waals surface area contributed by atoms with E-state index in [1.54, 1.807) is 12.1 Å². The van der Waals surface area contributed by atoms with Gasteiger partial charge in [0.2, 0.25) is 0 Å². The first-order chi connectivity index (χ1) is 10.1. The molecule has 2 N–H and O–H groups in total. The van der Waals surface area contributed by atoms with Crippen LogP contribution in [-0.2, 0) is 0 Å². The van der Waals surface area contributed by atoms with Gasteiger partial charge in [-0.2, -0.15) is 16.7 Å². The van der Waals surface area contributed by atoms with Crippen molar-refractivity contribution in [1.29, 1.82) is 0 Å². The fourth-order valence-corrected chi connectivity index (χ4v) is 4.93. The van der Waals surface area contributed by atoms with Crippen molar-refractivity contribution >= 4 is 23.5 Å². The Labute approximate surface area is 131 Å². The third kappa shape index (κ3) is 2.85. The molecule has 1 aromatic carbocycles. The van der Waals surface area contributed by atoms with Gasteiger partial charge in [-0.05, 0) is 12.1 Å². The predicted octanol–water partition coefficient (Wildman–Crippen LogP) is 3.45. The van der Waals surface area contributed by atoms with E-state index in [0.29, 0.717) is 21.9 Å². The third-order valence-electron chi connectivity index (χ3n) is 3.53. The number of hydrogen-bond acceptors (Lipinski definition) is 7. The molecule has 3 rings (SSSR count). The van der Waals surface area contributed by atoms with Crippen LogP contribution < -0.4 is 0 Å². The van der Waals surface area contributed by atoms with Crippen molar-refractivity contribution in [2.45, 2.75) is 29.6 Å². The van der Waals surface area contributed by atoms with Gasteiger partial charge in [0.1, 0.15) is 0 Å². The Morgan fingerprint density at radius 1 is 1.24 bits per heavy atom. The Balaban J connectivity index is 1.85. The van der Waals surface area contributed by atoms with Crippen LogP contribution in [0, 0.1) is 0 Å². The molecular formula is C14H16N2O3S2. The molecule has 1 fully saturated rings. The van der Waals surface area contributed by atoms with Gasteiger partial charge in [-0.15, -0.1) is 11.8 Å². The van der Waals surface area contributed by atoms with E-state index in [2.05, 4.69) is 24.0 Å². The summed E-state index contributed by atoms with van der Waals surface area (Å²) in [6.07, 6.45) is 0. The second-order valence-corrected chi connectivity index (χ2v) is 7.99. The zero-order chi connectivity index (χ0) is 15.0. The number of phenols is 2. The summed E-state index contributed by atoms with van der Waals surface area (Å²) in [5.41, 5.74) is 0.351. The summed E-state index contributed by atoms with van der Waals surface area (Å²) in [6.45, 7) is 4.43. The maximum Gasteiger partial charge on any atom is 0.261 e. The number of aromatic hydroxyl groups is 2. The summed E-state index contributed by atoms with van der Waals surface area (Å²) >= 11 is 3.75. The maximum atomic E-state index is 9.86. The van der Waals surface area contributed by atoms with Crippen molar-refractivity contribution in [2.24, 2.45) is 0 Å². The molecule has 1 saturated heterocycles. The second kappa shape index (κ2) is 5.81. The van der Waals surface area contributed by atoms with Crippen molar-refractivity contribution in [3.05, 3.63) is 24.0 Å². The molecule has 0 bridgehead atoms. The minimum Gasteiger partial charge on any atom is -0.504 e. The van der Waals surface area contributed by atoms with E-state index in [9.17, 15) is 10.2 Å². The van der Waals surface area contributed by atoms with Crippen LogP contribution >= 0.6 is 23.5 Å². The monoisotopic (exact) mass is 324 g/mol. The Morgan fingerprint density at radius 3 is 2.81 bits per heavy atom. The standard InChI is InChI=1S/C14H16N2O3S2/c1-7-8(2)21-11(6-20-7)13-15-14(19-16-13)9-4-3-5-10(17)12(9)18/h3-5,7-8,11,17-18H,6H2,1-2H3. The highest BCUT2D eigenvalue weighted by molar-refractivity contribution is 8.07. The summed E-state index contributed by atoms with van der Waals surface area (Å²) in [7, 11) is 0. The quantitative estimate of drug-likeness (QED) is 0.819. The first-order valence-electron chi connectivity index (χ1n) is 6.68. The molecule has 0 aliphatic carbocycles. The summed E-state index contributed by atoms with van der Waals surface area (Å²) in [5, 5.41) is 24.8. The highest BCUT2D eigenvalue weighted by Gasteiger charge is 2.30. The molecule has 1 aliphatic rings. The molecule has 0 amide bonds. The summed E-state index contributed by atoms with van der Waals surface area (Å²) in [5.74, 6) is 1.39. The van der Waals surface area contributed by atoms with Crippen molar-refractivity contribution in [3.63, 3.8) is 0 Å². The molecule has 2 aromatic rings. The third-order valence-corrected chi connectivity index (χ3v) is 6.91. The summed E-state index contributed by atoms with van der Waals surface area (Å²) in [6, 6.07) is 4.68. The van der Waals surface area contributed by atoms with E-state index in [4.69, 9.17) is 4.52 Å². The van der Waals surface area contributed by atoms with Crippen molar-refractivity contribution < 1.29 is 14.7 Å². The van der Waals surface area contributed by atoms with Gasteiger partial charge in [-0.3, -0.25) is 0 Å². The number of aromatic nitrogens is 2. The van der Waals surface area contributed by atoms with Crippen LogP contribution in [0.4, 0.5) is 0 Å². The normalized spacial score (nSPS) is 25.9. The number of benzene rings is 1. The van der Waals surface area contributed by atoms with Crippen LogP contribution in [0.15, 0.2) is 22.7 Å². The molecule has 21 heavy (non-hydrogen) atoms. The van der Waals surface area contributed by atoms with Crippen LogP contribution in [0.2, 0.25) is 0 Å². The van der Waals surface area contributed by atoms with E-state index >= 15 is 0 Å².